The van der Waals surface area contributed by atoms with Gasteiger partial charge in [0.1, 0.15) is 29.0 Å². The summed E-state index contributed by atoms with van der Waals surface area (Å²) in [5.74, 6) is 1.54. The summed E-state index contributed by atoms with van der Waals surface area (Å²) in [4.78, 5) is 9.43. The van der Waals surface area contributed by atoms with Gasteiger partial charge in [0.25, 0.3) is 0 Å². The summed E-state index contributed by atoms with van der Waals surface area (Å²) >= 11 is 0. The van der Waals surface area contributed by atoms with E-state index in [-0.39, 0.29) is 0 Å². The van der Waals surface area contributed by atoms with Crippen LogP contribution in [0.25, 0.3) is 44.8 Å². The number of fused-ring (bicyclic) bond motifs is 6. The number of nitriles is 2. The van der Waals surface area contributed by atoms with Crippen molar-refractivity contribution in [2.75, 3.05) is 20.3 Å². The van der Waals surface area contributed by atoms with Crippen molar-refractivity contribution in [2.24, 2.45) is 0 Å². The third-order valence-corrected chi connectivity index (χ3v) is 9.31. The molecule has 0 N–H and O–H groups in total. The van der Waals surface area contributed by atoms with E-state index in [2.05, 4.69) is 67.6 Å². The Bertz CT molecular complexity index is 2370. The molecule has 2 aliphatic rings. The molecular formula is C46H42N4O3. The second-order valence-electron chi connectivity index (χ2n) is 12.3. The number of benzene rings is 4. The number of pyridine rings is 2. The molecule has 7 heteroatoms. The minimum Gasteiger partial charge on any atom is -0.496 e. The number of rotatable bonds is 7. The van der Waals surface area contributed by atoms with Gasteiger partial charge in [-0.15, -0.1) is 0 Å². The van der Waals surface area contributed by atoms with Crippen molar-refractivity contribution >= 4 is 0 Å². The molecule has 0 aliphatic heterocycles. The van der Waals surface area contributed by atoms with Crippen molar-refractivity contribution in [1.29, 1.82) is 10.5 Å². The molecule has 0 spiro atoms. The maximum atomic E-state index is 9.89. The van der Waals surface area contributed by atoms with E-state index in [0.717, 1.165) is 74.5 Å². The zero-order valence-electron chi connectivity index (χ0n) is 31.1. The number of aromatic nitrogens is 2. The van der Waals surface area contributed by atoms with E-state index in [1.165, 1.54) is 16.7 Å². The summed E-state index contributed by atoms with van der Waals surface area (Å²) in [6.07, 6.45) is 1.54. The first-order valence-corrected chi connectivity index (χ1v) is 18.1. The van der Waals surface area contributed by atoms with Gasteiger partial charge < -0.3 is 14.2 Å². The fourth-order valence-corrected chi connectivity index (χ4v) is 7.06. The molecular weight excluding hydrogens is 657 g/mol. The van der Waals surface area contributed by atoms with Gasteiger partial charge in [-0.1, -0.05) is 110 Å². The van der Waals surface area contributed by atoms with Gasteiger partial charge in [-0.25, -0.2) is 9.97 Å². The summed E-state index contributed by atoms with van der Waals surface area (Å²) in [5.41, 5.74) is 14.6. The second-order valence-corrected chi connectivity index (χ2v) is 12.3. The van der Waals surface area contributed by atoms with Crippen LogP contribution >= 0.6 is 0 Å². The molecule has 0 atom stereocenters. The van der Waals surface area contributed by atoms with Gasteiger partial charge in [-0.2, -0.15) is 10.5 Å². The van der Waals surface area contributed by atoms with Gasteiger partial charge in [-0.05, 0) is 54.7 Å². The molecule has 0 radical (unpaired) electrons. The largest absolute Gasteiger partial charge is 0.496 e. The maximum Gasteiger partial charge on any atom is 0.232 e. The van der Waals surface area contributed by atoms with E-state index in [4.69, 9.17) is 24.2 Å². The molecule has 2 aromatic heterocycles. The highest BCUT2D eigenvalue weighted by Crippen LogP contribution is 2.47. The van der Waals surface area contributed by atoms with Gasteiger partial charge in [0.05, 0.1) is 31.7 Å². The average Bonchev–Trinajstić information content (AvgIpc) is 3.76. The van der Waals surface area contributed by atoms with Crippen LogP contribution in [0.2, 0.25) is 0 Å². The van der Waals surface area contributed by atoms with Crippen LogP contribution in [0, 0.1) is 29.6 Å². The van der Waals surface area contributed by atoms with Gasteiger partial charge in [-0.3, -0.25) is 0 Å². The lowest BCUT2D eigenvalue weighted by Crippen LogP contribution is -2.04. The summed E-state index contributed by atoms with van der Waals surface area (Å²) in [7, 11) is 1.64. The topological polar surface area (TPSA) is 101 Å². The molecule has 7 nitrogen and oxygen atoms in total. The molecule has 2 aliphatic carbocycles. The van der Waals surface area contributed by atoms with Crippen molar-refractivity contribution in [1.82, 2.24) is 9.97 Å². The Morgan fingerprint density at radius 2 is 1.06 bits per heavy atom. The van der Waals surface area contributed by atoms with Crippen molar-refractivity contribution in [3.63, 3.8) is 0 Å². The molecule has 2 heterocycles. The lowest BCUT2D eigenvalue weighted by molar-refractivity contribution is 0.326. The van der Waals surface area contributed by atoms with Crippen LogP contribution in [0.5, 0.6) is 17.5 Å². The molecule has 264 valence electrons. The van der Waals surface area contributed by atoms with Crippen molar-refractivity contribution in [3.05, 3.63) is 136 Å². The van der Waals surface area contributed by atoms with Gasteiger partial charge >= 0.3 is 0 Å². The molecule has 53 heavy (non-hydrogen) atoms. The molecule has 0 amide bonds. The lowest BCUT2D eigenvalue weighted by Gasteiger charge is -2.16. The molecule has 0 bridgehead atoms. The van der Waals surface area contributed by atoms with Crippen LogP contribution in [-0.2, 0) is 12.8 Å². The normalized spacial score (nSPS) is 11.2. The highest BCUT2D eigenvalue weighted by molar-refractivity contribution is 5.89. The average molecular weight is 699 g/mol. The van der Waals surface area contributed by atoms with E-state index in [9.17, 15) is 10.5 Å². The Morgan fingerprint density at radius 1 is 0.604 bits per heavy atom. The summed E-state index contributed by atoms with van der Waals surface area (Å²) in [6, 6.07) is 37.2. The Labute approximate surface area is 312 Å². The smallest absolute Gasteiger partial charge is 0.232 e. The number of hydrogen-bond donors (Lipinski definition) is 0. The van der Waals surface area contributed by atoms with E-state index in [1.807, 2.05) is 76.2 Å². The first-order valence-electron chi connectivity index (χ1n) is 18.1. The molecule has 0 saturated heterocycles. The van der Waals surface area contributed by atoms with Crippen molar-refractivity contribution in [3.8, 4) is 74.4 Å². The zero-order valence-corrected chi connectivity index (χ0v) is 31.1. The fraction of sp³-hybridized carbons (Fsp3) is 0.217. The number of ether oxygens (including phenoxy) is 3. The van der Waals surface area contributed by atoms with Crippen LogP contribution < -0.4 is 14.2 Å². The van der Waals surface area contributed by atoms with Crippen molar-refractivity contribution in [2.45, 2.75) is 47.5 Å². The van der Waals surface area contributed by atoms with Gasteiger partial charge in [0.2, 0.25) is 11.8 Å². The van der Waals surface area contributed by atoms with Crippen LogP contribution in [0.15, 0.2) is 97.1 Å². The van der Waals surface area contributed by atoms with E-state index >= 15 is 0 Å². The fourth-order valence-electron chi connectivity index (χ4n) is 7.06. The molecule has 0 fully saturated rings. The molecule has 6 aromatic rings. The number of hydrogen-bond acceptors (Lipinski definition) is 7. The highest BCUT2D eigenvalue weighted by Gasteiger charge is 2.30. The number of aryl methyl sites for hydroxylation is 1. The monoisotopic (exact) mass is 698 g/mol. The maximum absolute atomic E-state index is 9.89. The van der Waals surface area contributed by atoms with E-state index in [1.54, 1.807) is 7.11 Å². The predicted octanol–water partition coefficient (Wildman–Crippen LogP) is 10.5. The second kappa shape index (κ2) is 16.3. The van der Waals surface area contributed by atoms with Crippen LogP contribution in [0.3, 0.4) is 0 Å². The Morgan fingerprint density at radius 3 is 1.55 bits per heavy atom. The number of nitrogens with zero attached hydrogens (tertiary/aromatic N) is 4. The number of methoxy groups -OCH3 is 1. The summed E-state index contributed by atoms with van der Waals surface area (Å²) < 4.78 is 17.0. The first kappa shape index (κ1) is 36.4. The highest BCUT2D eigenvalue weighted by atomic mass is 16.5. The minimum atomic E-state index is 0.381. The zero-order chi connectivity index (χ0) is 37.5. The summed E-state index contributed by atoms with van der Waals surface area (Å²) in [5, 5.41) is 19.7. The lowest BCUT2D eigenvalue weighted by atomic mass is 9.93. The predicted molar refractivity (Wildman–Crippen MR) is 210 cm³/mol. The van der Waals surface area contributed by atoms with Gasteiger partial charge in [0, 0.05) is 40.7 Å². The molecule has 4 aromatic carbocycles. The molecule has 8 rings (SSSR count). The Kier molecular flexibility index (Phi) is 11.2. The standard InChI is InChI=1S/C22H18N2O2.C22H18N2O.C2H6/c1-3-26-22-18(13-23)20(16-10-6-7-11-19(16)25-2)17-12-14-8-4-5-9-15(14)21(17)24-22;1-3-25-22-19(13-23)20(15-10-8-14(2)9-11-15)18-12-16-6-4-5-7-17(16)21(18)24-22;1-2/h4-11H,3,12H2,1-2H3;4-11H,3,12H2,1-2H3;1-2H3. The summed E-state index contributed by atoms with van der Waals surface area (Å²) in [6.45, 7) is 10.8. The van der Waals surface area contributed by atoms with Gasteiger partial charge in [0.15, 0.2) is 0 Å². The van der Waals surface area contributed by atoms with Crippen LogP contribution in [-0.4, -0.2) is 30.3 Å². The third-order valence-electron chi connectivity index (χ3n) is 9.31. The first-order chi connectivity index (χ1) is 26.0. The number of para-hydroxylation sites is 1. The Balaban J connectivity index is 0.000000173. The molecule has 0 saturated carbocycles. The third kappa shape index (κ3) is 6.82. The van der Waals surface area contributed by atoms with Crippen molar-refractivity contribution < 1.29 is 14.2 Å². The Hall–Kier alpha value is -6.44. The SMILES string of the molecule is CC.CCOc1nc2c(c(-c3ccc(C)cc3)c1C#N)Cc1ccccc1-2.CCOc1nc2c(c(-c3ccccc3OC)c1C#N)Cc1ccccc1-2. The van der Waals surface area contributed by atoms with E-state index in [0.29, 0.717) is 36.1 Å². The molecule has 0 unspecified atom stereocenters. The quantitative estimate of drug-likeness (QED) is 0.163. The van der Waals surface area contributed by atoms with Crippen LogP contribution in [0.4, 0.5) is 0 Å². The van der Waals surface area contributed by atoms with E-state index < -0.39 is 0 Å². The minimum absolute atomic E-state index is 0.381. The van der Waals surface area contributed by atoms with Crippen LogP contribution in [0.1, 0.15) is 66.6 Å².